The minimum absolute atomic E-state index is 0. The van der Waals surface area contributed by atoms with Gasteiger partial charge in [-0.15, -0.1) is 0 Å². The summed E-state index contributed by atoms with van der Waals surface area (Å²) in [5, 5.41) is 0. The molecule has 0 unspecified atom stereocenters. The second kappa shape index (κ2) is 8.91. The van der Waals surface area contributed by atoms with Gasteiger partial charge in [0.1, 0.15) is 0 Å². The van der Waals surface area contributed by atoms with Crippen molar-refractivity contribution < 1.29 is 68.5 Å². The summed E-state index contributed by atoms with van der Waals surface area (Å²) >= 11 is 0. The van der Waals surface area contributed by atoms with Crippen LogP contribution in [0.2, 0.25) is 0 Å². The first-order chi connectivity index (χ1) is 2.00. The van der Waals surface area contributed by atoms with E-state index in [1.165, 1.54) is 0 Å². The average molecular weight is 149 g/mol. The number of hydrogen-bond acceptors (Lipinski definition) is 0. The van der Waals surface area contributed by atoms with Crippen molar-refractivity contribution in [2.45, 2.75) is 0 Å². The van der Waals surface area contributed by atoms with Crippen molar-refractivity contribution in [1.29, 1.82) is 0 Å². The van der Waals surface area contributed by atoms with Crippen LogP contribution in [0.4, 0.5) is 17.3 Å². The van der Waals surface area contributed by atoms with Gasteiger partial charge in [0, 0.05) is 0 Å². The van der Waals surface area contributed by atoms with Crippen LogP contribution < -0.4 is 48.4 Å². The normalized spacial score (nSPS) is 7.50. The van der Waals surface area contributed by atoms with E-state index >= 15 is 0 Å². The molecule has 8 heteroatoms. The second-order valence-electron chi connectivity index (χ2n) is 0.495. The van der Waals surface area contributed by atoms with Crippen molar-refractivity contribution in [3.8, 4) is 0 Å². The summed E-state index contributed by atoms with van der Waals surface area (Å²) in [4.78, 5) is 0. The first-order valence-corrected chi connectivity index (χ1v) is 0.873. The molecule has 0 radical (unpaired) electrons. The van der Waals surface area contributed by atoms with Crippen LogP contribution in [0, 0.1) is 0 Å². The van der Waals surface area contributed by atoms with Crippen molar-refractivity contribution in [3.63, 3.8) is 0 Å². The maximum absolute atomic E-state index is 9.75. The second-order valence-corrected chi connectivity index (χ2v) is 0.495. The molecule has 0 rings (SSSR count). The third kappa shape index (κ3) is 103. The molecule has 0 aliphatic rings. The van der Waals surface area contributed by atoms with Crippen molar-refractivity contribution >= 4 is 24.6 Å². The Balaban J connectivity index is -0.00000000800. The quantitative estimate of drug-likeness (QED) is 0.238. The summed E-state index contributed by atoms with van der Waals surface area (Å²) in [7, 11) is -6.00. The summed E-state index contributed by atoms with van der Waals surface area (Å²) < 4.78 is 39.0. The maximum atomic E-state index is 9.75. The molecular weight excluding hydrogens is 144 g/mol. The molecule has 42 valence electrons. The molecule has 0 aromatic carbocycles. The molecule has 0 aliphatic carbocycles. The largest absolute Gasteiger partial charge is 1.00 e. The first kappa shape index (κ1) is 22.5. The van der Waals surface area contributed by atoms with Gasteiger partial charge >= 0.3 is 55.7 Å². The van der Waals surface area contributed by atoms with E-state index in [4.69, 9.17) is 0 Å². The fourth-order valence-corrected chi connectivity index (χ4v) is 0. The van der Waals surface area contributed by atoms with Crippen LogP contribution in [0.15, 0.2) is 0 Å². The van der Waals surface area contributed by atoms with Crippen LogP contribution in [0.1, 0.15) is 2.85 Å². The van der Waals surface area contributed by atoms with Gasteiger partial charge in [0.25, 0.3) is 0 Å². The van der Waals surface area contributed by atoms with E-state index in [2.05, 4.69) is 0 Å². The molecule has 0 aromatic rings. The molecule has 0 N–H and O–H groups in total. The molecule has 0 aromatic heterocycles. The minimum atomic E-state index is -6.00. The van der Waals surface area contributed by atoms with Crippen molar-refractivity contribution in [2.24, 2.45) is 0 Å². The summed E-state index contributed by atoms with van der Waals surface area (Å²) in [5.74, 6) is 0. The van der Waals surface area contributed by atoms with Gasteiger partial charge in [-0.25, -0.2) is 0 Å². The van der Waals surface area contributed by atoms with Gasteiger partial charge in [-0.3, -0.25) is 0 Å². The van der Waals surface area contributed by atoms with Crippen LogP contribution >= 0.6 is 0 Å². The monoisotopic (exact) mass is 149 g/mol. The Morgan fingerprint density at radius 3 is 1.00 bits per heavy atom. The van der Waals surface area contributed by atoms with E-state index in [0.29, 0.717) is 0 Å². The van der Waals surface area contributed by atoms with E-state index in [0.717, 1.165) is 0 Å². The third-order valence-corrected chi connectivity index (χ3v) is 0. The molecule has 0 amide bonds. The van der Waals surface area contributed by atoms with E-state index in [9.17, 15) is 17.3 Å². The van der Waals surface area contributed by atoms with E-state index in [-0.39, 0.29) is 68.6 Å². The zero-order chi connectivity index (χ0) is 4.50. The predicted octanol–water partition coefficient (Wildman–Crippen LogP) is -5.65. The van der Waals surface area contributed by atoms with Crippen LogP contribution in [0.25, 0.3) is 0 Å². The Morgan fingerprint density at radius 1 is 1.00 bits per heavy atom. The topological polar surface area (TPSA) is 0 Å². The molecule has 0 saturated heterocycles. The molecule has 0 bridgehead atoms. The third-order valence-electron chi connectivity index (χ3n) is 0. The molecule has 0 atom stereocenters. The van der Waals surface area contributed by atoms with Gasteiger partial charge in [-0.1, -0.05) is 0 Å². The molecule has 0 heterocycles. The molecule has 0 saturated carbocycles. The Labute approximate surface area is 92.4 Å². The molecule has 0 nitrogen and oxygen atoms in total. The standard InChI is InChI=1S/Al.BF4.Li.Na.5H/c;2-1(3,4)5;;;;;;;/q;-1;2*+1;;;;2*-1. The number of halogens is 4. The van der Waals surface area contributed by atoms with Gasteiger partial charge < -0.3 is 20.1 Å². The van der Waals surface area contributed by atoms with Gasteiger partial charge in [0.05, 0.1) is 0 Å². The summed E-state index contributed by atoms with van der Waals surface area (Å²) in [6, 6.07) is 0. The van der Waals surface area contributed by atoms with Crippen molar-refractivity contribution in [3.05, 3.63) is 0 Å². The predicted molar refractivity (Wildman–Crippen MR) is 22.3 cm³/mol. The zero-order valence-corrected chi connectivity index (χ0v) is 6.09. The Bertz CT molecular complexity index is 38.7. The first-order valence-electron chi connectivity index (χ1n) is 0.873. The van der Waals surface area contributed by atoms with Crippen LogP contribution in [0.3, 0.4) is 0 Å². The van der Waals surface area contributed by atoms with Crippen LogP contribution in [-0.4, -0.2) is 24.6 Å². The fraction of sp³-hybridized carbons (Fsp3) is 0. The molecule has 8 heavy (non-hydrogen) atoms. The zero-order valence-electron chi connectivity index (χ0n) is 6.09. The summed E-state index contributed by atoms with van der Waals surface area (Å²) in [5.41, 5.74) is 0. The molecule has 0 aliphatic heterocycles. The van der Waals surface area contributed by atoms with Gasteiger partial charge in [0.2, 0.25) is 0 Å². The molecule has 0 fully saturated rings. The van der Waals surface area contributed by atoms with E-state index in [1.54, 1.807) is 0 Å². The smallest absolute Gasteiger partial charge is 1.00 e. The minimum Gasteiger partial charge on any atom is -1.00 e. The van der Waals surface area contributed by atoms with E-state index < -0.39 is 7.25 Å². The SMILES string of the molecule is F[B-](F)(F)F.[AlH3].[H-].[H-].[Li+].[Na+]. The fourth-order valence-electron chi connectivity index (χ4n) is 0. The van der Waals surface area contributed by atoms with Crippen molar-refractivity contribution in [1.82, 2.24) is 0 Å². The summed E-state index contributed by atoms with van der Waals surface area (Å²) in [6.07, 6.45) is 0. The number of hydrogen-bond donors (Lipinski definition) is 0. The maximum Gasteiger partial charge on any atom is 1.00 e. The number of rotatable bonds is 0. The van der Waals surface area contributed by atoms with Gasteiger partial charge in [0.15, 0.2) is 17.4 Å². The molecule has 0 spiro atoms. The van der Waals surface area contributed by atoms with Crippen molar-refractivity contribution in [2.75, 3.05) is 0 Å². The average Bonchev–Trinajstić information content (AvgIpc) is 0.722. The van der Waals surface area contributed by atoms with Crippen LogP contribution in [-0.2, 0) is 0 Å². The van der Waals surface area contributed by atoms with Gasteiger partial charge in [-0.2, -0.15) is 0 Å². The Hall–Kier alpha value is 1.91. The van der Waals surface area contributed by atoms with Crippen LogP contribution in [0.5, 0.6) is 0 Å². The Morgan fingerprint density at radius 2 is 1.00 bits per heavy atom. The van der Waals surface area contributed by atoms with E-state index in [1.807, 2.05) is 0 Å². The van der Waals surface area contributed by atoms with Gasteiger partial charge in [-0.05, 0) is 0 Å². The Kier molecular flexibility index (Phi) is 25.1. The molecular formula is H5AlBF4LiNa-. The summed E-state index contributed by atoms with van der Waals surface area (Å²) in [6.45, 7) is 0.